The standard InChI is InChI=1S/C14H27N3O3/c1-10(2)12(13(18)19)15-14(20)17-7-5-11(6-8-17)9-16(3)4/h10-12H,5-9H2,1-4H3,(H,15,20)(H,18,19)/t12-/m0/s1. The fourth-order valence-electron chi connectivity index (χ4n) is 2.57. The molecule has 0 radical (unpaired) electrons. The Bertz CT molecular complexity index is 337. The Hall–Kier alpha value is -1.30. The number of hydrogen-bond acceptors (Lipinski definition) is 3. The smallest absolute Gasteiger partial charge is 0.326 e. The van der Waals surface area contributed by atoms with E-state index in [0.717, 1.165) is 19.4 Å². The number of nitrogens with zero attached hydrogens (tertiary/aromatic N) is 2. The van der Waals surface area contributed by atoms with Gasteiger partial charge in [-0.1, -0.05) is 13.8 Å². The molecule has 6 nitrogen and oxygen atoms in total. The Labute approximate surface area is 121 Å². The number of piperidine rings is 1. The molecular weight excluding hydrogens is 258 g/mol. The maximum Gasteiger partial charge on any atom is 0.326 e. The number of nitrogens with one attached hydrogen (secondary N) is 1. The first kappa shape index (κ1) is 16.8. The summed E-state index contributed by atoms with van der Waals surface area (Å²) in [5.74, 6) is -0.479. The quantitative estimate of drug-likeness (QED) is 0.793. The van der Waals surface area contributed by atoms with Gasteiger partial charge in [-0.05, 0) is 38.8 Å². The van der Waals surface area contributed by atoms with Gasteiger partial charge in [-0.25, -0.2) is 9.59 Å². The minimum absolute atomic E-state index is 0.122. The average Bonchev–Trinajstić information content (AvgIpc) is 2.35. The van der Waals surface area contributed by atoms with E-state index in [1.807, 2.05) is 0 Å². The molecule has 2 N–H and O–H groups in total. The minimum atomic E-state index is -0.976. The van der Waals surface area contributed by atoms with Crippen molar-refractivity contribution < 1.29 is 14.7 Å². The number of rotatable bonds is 5. The van der Waals surface area contributed by atoms with Gasteiger partial charge in [-0.3, -0.25) is 0 Å². The number of carboxylic acids is 1. The molecule has 1 heterocycles. The van der Waals surface area contributed by atoms with Gasteiger partial charge in [0.05, 0.1) is 0 Å². The summed E-state index contributed by atoms with van der Waals surface area (Å²) in [6.45, 7) is 6.04. The van der Waals surface area contributed by atoms with Crippen LogP contribution in [0, 0.1) is 11.8 Å². The van der Waals surface area contributed by atoms with Crippen molar-refractivity contribution in [2.45, 2.75) is 32.7 Å². The molecule has 0 spiro atoms. The average molecular weight is 285 g/mol. The Balaban J connectivity index is 2.44. The van der Waals surface area contributed by atoms with Crippen LogP contribution >= 0.6 is 0 Å². The third kappa shape index (κ3) is 5.00. The van der Waals surface area contributed by atoms with Crippen LogP contribution in [0.15, 0.2) is 0 Å². The van der Waals surface area contributed by atoms with Crippen LogP contribution in [0.1, 0.15) is 26.7 Å². The number of carboxylic acid groups (broad SMARTS) is 1. The van der Waals surface area contributed by atoms with E-state index >= 15 is 0 Å². The molecule has 1 fully saturated rings. The maximum atomic E-state index is 12.1. The van der Waals surface area contributed by atoms with E-state index in [1.165, 1.54) is 0 Å². The summed E-state index contributed by atoms with van der Waals surface area (Å²) in [6.07, 6.45) is 1.95. The number of carbonyl (C=O) groups excluding carboxylic acids is 1. The monoisotopic (exact) mass is 285 g/mol. The number of carbonyl (C=O) groups is 2. The molecule has 6 heteroatoms. The van der Waals surface area contributed by atoms with E-state index < -0.39 is 12.0 Å². The van der Waals surface area contributed by atoms with Crippen LogP contribution in [-0.4, -0.2) is 66.7 Å². The molecule has 0 saturated carbocycles. The highest BCUT2D eigenvalue weighted by molar-refractivity contribution is 5.82. The third-order valence-corrected chi connectivity index (χ3v) is 3.74. The van der Waals surface area contributed by atoms with E-state index in [4.69, 9.17) is 5.11 Å². The SMILES string of the molecule is CC(C)[C@H](NC(=O)N1CCC(CN(C)C)CC1)C(=O)O. The van der Waals surface area contributed by atoms with Gasteiger partial charge in [0.2, 0.25) is 0 Å². The van der Waals surface area contributed by atoms with Crippen molar-refractivity contribution >= 4 is 12.0 Å². The Morgan fingerprint density at radius 3 is 2.25 bits per heavy atom. The van der Waals surface area contributed by atoms with Crippen LogP contribution in [-0.2, 0) is 4.79 Å². The fourth-order valence-corrected chi connectivity index (χ4v) is 2.57. The van der Waals surface area contributed by atoms with Crippen LogP contribution in [0.25, 0.3) is 0 Å². The van der Waals surface area contributed by atoms with Crippen molar-refractivity contribution in [1.82, 2.24) is 15.1 Å². The van der Waals surface area contributed by atoms with Crippen molar-refractivity contribution in [2.24, 2.45) is 11.8 Å². The van der Waals surface area contributed by atoms with E-state index in [9.17, 15) is 9.59 Å². The van der Waals surface area contributed by atoms with Crippen LogP contribution < -0.4 is 5.32 Å². The van der Waals surface area contributed by atoms with Gasteiger partial charge in [0, 0.05) is 19.6 Å². The molecule has 2 amide bonds. The second-order valence-corrected chi connectivity index (χ2v) is 6.20. The summed E-state index contributed by atoms with van der Waals surface area (Å²) in [6, 6.07) is -1.07. The van der Waals surface area contributed by atoms with Crippen molar-refractivity contribution in [3.05, 3.63) is 0 Å². The lowest BCUT2D eigenvalue weighted by Crippen LogP contribution is -2.52. The van der Waals surface area contributed by atoms with Gasteiger partial charge in [-0.2, -0.15) is 0 Å². The topological polar surface area (TPSA) is 72.9 Å². The molecule has 1 aliphatic rings. The van der Waals surface area contributed by atoms with E-state index in [1.54, 1.807) is 18.7 Å². The minimum Gasteiger partial charge on any atom is -0.480 e. The van der Waals surface area contributed by atoms with E-state index in [-0.39, 0.29) is 11.9 Å². The molecule has 20 heavy (non-hydrogen) atoms. The second-order valence-electron chi connectivity index (χ2n) is 6.20. The molecule has 1 saturated heterocycles. The van der Waals surface area contributed by atoms with Crippen LogP contribution in [0.5, 0.6) is 0 Å². The molecule has 1 aliphatic heterocycles. The lowest BCUT2D eigenvalue weighted by molar-refractivity contribution is -0.140. The molecule has 1 rings (SSSR count). The predicted octanol–water partition coefficient (Wildman–Crippen LogP) is 1.08. The summed E-state index contributed by atoms with van der Waals surface area (Å²) in [7, 11) is 4.11. The van der Waals surface area contributed by atoms with E-state index in [2.05, 4.69) is 24.3 Å². The first-order valence-electron chi connectivity index (χ1n) is 7.24. The van der Waals surface area contributed by atoms with Gasteiger partial charge >= 0.3 is 12.0 Å². The van der Waals surface area contributed by atoms with Crippen LogP contribution in [0.4, 0.5) is 4.79 Å². The summed E-state index contributed by atoms with van der Waals surface area (Å²) in [4.78, 5) is 27.1. The zero-order chi connectivity index (χ0) is 15.3. The van der Waals surface area contributed by atoms with Gasteiger partial charge < -0.3 is 20.2 Å². The lowest BCUT2D eigenvalue weighted by atomic mass is 9.96. The molecule has 0 aromatic heterocycles. The number of likely N-dealkylation sites (tertiary alicyclic amines) is 1. The highest BCUT2D eigenvalue weighted by Gasteiger charge is 2.28. The molecule has 116 valence electrons. The van der Waals surface area contributed by atoms with E-state index in [0.29, 0.717) is 19.0 Å². The number of aliphatic carboxylic acids is 1. The van der Waals surface area contributed by atoms with Crippen molar-refractivity contribution in [1.29, 1.82) is 0 Å². The van der Waals surface area contributed by atoms with Crippen LogP contribution in [0.2, 0.25) is 0 Å². The Morgan fingerprint density at radius 1 is 1.30 bits per heavy atom. The summed E-state index contributed by atoms with van der Waals surface area (Å²) < 4.78 is 0. The summed E-state index contributed by atoms with van der Waals surface area (Å²) in [5.41, 5.74) is 0. The van der Waals surface area contributed by atoms with Crippen molar-refractivity contribution in [3.63, 3.8) is 0 Å². The predicted molar refractivity (Wildman–Crippen MR) is 77.6 cm³/mol. The maximum absolute atomic E-state index is 12.1. The first-order chi connectivity index (χ1) is 9.31. The molecule has 0 aromatic carbocycles. The molecule has 0 bridgehead atoms. The second kappa shape index (κ2) is 7.47. The molecule has 0 unspecified atom stereocenters. The summed E-state index contributed by atoms with van der Waals surface area (Å²) in [5, 5.41) is 11.7. The Morgan fingerprint density at radius 2 is 1.85 bits per heavy atom. The van der Waals surface area contributed by atoms with Crippen LogP contribution in [0.3, 0.4) is 0 Å². The lowest BCUT2D eigenvalue weighted by Gasteiger charge is -2.34. The largest absolute Gasteiger partial charge is 0.480 e. The molecular formula is C14H27N3O3. The molecule has 1 atom stereocenters. The molecule has 0 aliphatic carbocycles. The zero-order valence-electron chi connectivity index (χ0n) is 12.9. The fraction of sp³-hybridized carbons (Fsp3) is 0.857. The van der Waals surface area contributed by atoms with Crippen molar-refractivity contribution in [2.75, 3.05) is 33.7 Å². The zero-order valence-corrected chi connectivity index (χ0v) is 12.9. The number of amides is 2. The van der Waals surface area contributed by atoms with Gasteiger partial charge in [0.1, 0.15) is 6.04 Å². The first-order valence-corrected chi connectivity index (χ1v) is 7.24. The van der Waals surface area contributed by atoms with Gasteiger partial charge in [0.25, 0.3) is 0 Å². The van der Waals surface area contributed by atoms with Gasteiger partial charge in [-0.15, -0.1) is 0 Å². The highest BCUT2D eigenvalue weighted by Crippen LogP contribution is 2.18. The Kier molecular flexibility index (Phi) is 6.26. The van der Waals surface area contributed by atoms with Crippen molar-refractivity contribution in [3.8, 4) is 0 Å². The normalized spacial score (nSPS) is 18.4. The number of urea groups is 1. The summed E-state index contributed by atoms with van der Waals surface area (Å²) >= 11 is 0. The number of hydrogen-bond donors (Lipinski definition) is 2. The third-order valence-electron chi connectivity index (χ3n) is 3.74. The highest BCUT2D eigenvalue weighted by atomic mass is 16.4. The van der Waals surface area contributed by atoms with Gasteiger partial charge in [0.15, 0.2) is 0 Å². The molecule has 0 aromatic rings.